The number of para-hydroxylation sites is 1. The SMILES string of the molecule is Cc1ccc(NC(=O)CCC(=O)NN=Cc2ccccc2OCc2ccccc2Cl)cc1. The van der Waals surface area contributed by atoms with Crippen molar-refractivity contribution in [3.63, 3.8) is 0 Å². The van der Waals surface area contributed by atoms with Gasteiger partial charge in [0.05, 0.1) is 6.21 Å². The van der Waals surface area contributed by atoms with Crippen LogP contribution in [-0.2, 0) is 16.2 Å². The maximum absolute atomic E-state index is 12.0. The molecule has 0 radical (unpaired) electrons. The minimum atomic E-state index is -0.352. The number of ether oxygens (including phenoxy) is 1. The van der Waals surface area contributed by atoms with Crippen LogP contribution in [0.25, 0.3) is 0 Å². The molecule has 0 unspecified atom stereocenters. The lowest BCUT2D eigenvalue weighted by Gasteiger charge is -2.10. The van der Waals surface area contributed by atoms with Gasteiger partial charge in [0.15, 0.2) is 0 Å². The minimum Gasteiger partial charge on any atom is -0.488 e. The van der Waals surface area contributed by atoms with Gasteiger partial charge in [0.1, 0.15) is 12.4 Å². The van der Waals surface area contributed by atoms with Crippen molar-refractivity contribution in [1.29, 1.82) is 0 Å². The molecule has 6 nitrogen and oxygen atoms in total. The summed E-state index contributed by atoms with van der Waals surface area (Å²) in [6, 6.07) is 22.3. The van der Waals surface area contributed by atoms with Crippen LogP contribution in [0.15, 0.2) is 77.9 Å². The number of benzene rings is 3. The third-order valence-electron chi connectivity index (χ3n) is 4.57. The molecule has 0 aliphatic rings. The van der Waals surface area contributed by atoms with Crippen LogP contribution in [-0.4, -0.2) is 18.0 Å². The lowest BCUT2D eigenvalue weighted by Crippen LogP contribution is -2.20. The van der Waals surface area contributed by atoms with Gasteiger partial charge < -0.3 is 10.1 Å². The molecular formula is C25H24ClN3O3. The largest absolute Gasteiger partial charge is 0.488 e. The monoisotopic (exact) mass is 449 g/mol. The molecule has 0 atom stereocenters. The molecule has 32 heavy (non-hydrogen) atoms. The summed E-state index contributed by atoms with van der Waals surface area (Å²) in [5, 5.41) is 7.38. The van der Waals surface area contributed by atoms with E-state index in [1.165, 1.54) is 6.21 Å². The smallest absolute Gasteiger partial charge is 0.240 e. The lowest BCUT2D eigenvalue weighted by molar-refractivity contribution is -0.124. The number of carbonyl (C=O) groups excluding carboxylic acids is 2. The standard InChI is InChI=1S/C25H24ClN3O3/c1-18-10-12-21(13-11-18)28-24(30)14-15-25(31)29-27-16-19-6-3-5-9-23(19)32-17-20-7-2-4-8-22(20)26/h2-13,16H,14-15,17H2,1H3,(H,28,30)(H,29,31). The van der Waals surface area contributed by atoms with Crippen LogP contribution in [0.5, 0.6) is 5.75 Å². The van der Waals surface area contributed by atoms with Crippen molar-refractivity contribution in [2.45, 2.75) is 26.4 Å². The number of carbonyl (C=O) groups is 2. The molecule has 0 saturated carbocycles. The zero-order valence-corrected chi connectivity index (χ0v) is 18.4. The second kappa shape index (κ2) is 11.7. The van der Waals surface area contributed by atoms with E-state index in [1.807, 2.05) is 79.7 Å². The van der Waals surface area contributed by atoms with E-state index in [4.69, 9.17) is 16.3 Å². The van der Waals surface area contributed by atoms with Gasteiger partial charge >= 0.3 is 0 Å². The Kier molecular flexibility index (Phi) is 8.40. The van der Waals surface area contributed by atoms with Crippen LogP contribution < -0.4 is 15.5 Å². The van der Waals surface area contributed by atoms with Crippen LogP contribution in [0, 0.1) is 6.92 Å². The van der Waals surface area contributed by atoms with Crippen molar-refractivity contribution in [2.75, 3.05) is 5.32 Å². The summed E-state index contributed by atoms with van der Waals surface area (Å²) in [5.74, 6) is 0.0315. The molecule has 7 heteroatoms. The Labute approximate surface area is 192 Å². The molecule has 0 saturated heterocycles. The van der Waals surface area contributed by atoms with E-state index in [2.05, 4.69) is 15.8 Å². The second-order valence-electron chi connectivity index (χ2n) is 7.13. The van der Waals surface area contributed by atoms with Gasteiger partial charge in [0.25, 0.3) is 0 Å². The third kappa shape index (κ3) is 7.25. The van der Waals surface area contributed by atoms with E-state index in [1.54, 1.807) is 0 Å². The number of rotatable bonds is 9. The fraction of sp³-hybridized carbons (Fsp3) is 0.160. The Morgan fingerprint density at radius 3 is 2.41 bits per heavy atom. The fourth-order valence-corrected chi connectivity index (χ4v) is 3.00. The van der Waals surface area contributed by atoms with Crippen molar-refractivity contribution in [1.82, 2.24) is 5.43 Å². The number of amides is 2. The van der Waals surface area contributed by atoms with Crippen molar-refractivity contribution in [3.8, 4) is 5.75 Å². The molecule has 164 valence electrons. The lowest BCUT2D eigenvalue weighted by atomic mass is 10.2. The predicted molar refractivity (Wildman–Crippen MR) is 127 cm³/mol. The van der Waals surface area contributed by atoms with E-state index >= 15 is 0 Å². The van der Waals surface area contributed by atoms with Crippen molar-refractivity contribution in [2.24, 2.45) is 5.10 Å². The zero-order chi connectivity index (χ0) is 22.8. The summed E-state index contributed by atoms with van der Waals surface area (Å²) in [5.41, 5.74) is 5.83. The molecule has 0 aliphatic heterocycles. The molecule has 0 aromatic heterocycles. The van der Waals surface area contributed by atoms with Gasteiger partial charge in [0, 0.05) is 34.7 Å². The first-order chi connectivity index (χ1) is 15.5. The normalized spacial score (nSPS) is 10.7. The first-order valence-corrected chi connectivity index (χ1v) is 10.5. The number of halogens is 1. The van der Waals surface area contributed by atoms with Gasteiger partial charge in [0.2, 0.25) is 11.8 Å². The number of anilines is 1. The Balaban J connectivity index is 1.47. The van der Waals surface area contributed by atoms with E-state index in [-0.39, 0.29) is 24.7 Å². The summed E-state index contributed by atoms with van der Waals surface area (Å²) < 4.78 is 5.86. The summed E-state index contributed by atoms with van der Waals surface area (Å²) in [4.78, 5) is 24.0. The molecule has 0 fully saturated rings. The average Bonchev–Trinajstić information content (AvgIpc) is 2.79. The Morgan fingerprint density at radius 1 is 0.938 bits per heavy atom. The molecule has 2 N–H and O–H groups in total. The van der Waals surface area contributed by atoms with E-state index in [0.717, 1.165) is 11.1 Å². The Hall–Kier alpha value is -3.64. The van der Waals surface area contributed by atoms with Crippen molar-refractivity contribution in [3.05, 3.63) is 94.5 Å². The highest BCUT2D eigenvalue weighted by Gasteiger charge is 2.07. The van der Waals surface area contributed by atoms with Gasteiger partial charge in [-0.1, -0.05) is 59.6 Å². The average molecular weight is 450 g/mol. The highest BCUT2D eigenvalue weighted by Crippen LogP contribution is 2.21. The Bertz CT molecular complexity index is 1100. The highest BCUT2D eigenvalue weighted by molar-refractivity contribution is 6.31. The first kappa shape index (κ1) is 23.0. The summed E-state index contributed by atoms with van der Waals surface area (Å²) in [6.07, 6.45) is 1.60. The second-order valence-corrected chi connectivity index (χ2v) is 7.53. The van der Waals surface area contributed by atoms with E-state index < -0.39 is 0 Å². The topological polar surface area (TPSA) is 79.8 Å². The van der Waals surface area contributed by atoms with Crippen LogP contribution in [0.1, 0.15) is 29.5 Å². The van der Waals surface area contributed by atoms with Crippen LogP contribution in [0.3, 0.4) is 0 Å². The Morgan fingerprint density at radius 2 is 1.62 bits per heavy atom. The first-order valence-electron chi connectivity index (χ1n) is 10.1. The van der Waals surface area contributed by atoms with E-state index in [9.17, 15) is 9.59 Å². The summed E-state index contributed by atoms with van der Waals surface area (Å²) >= 11 is 6.17. The third-order valence-corrected chi connectivity index (χ3v) is 4.94. The molecule has 0 bridgehead atoms. The number of nitrogens with zero attached hydrogens (tertiary/aromatic N) is 1. The van der Waals surface area contributed by atoms with E-state index in [0.29, 0.717) is 28.6 Å². The molecule has 2 amide bonds. The number of aryl methyl sites for hydroxylation is 1. The molecule has 3 rings (SSSR count). The maximum Gasteiger partial charge on any atom is 0.240 e. The van der Waals surface area contributed by atoms with Crippen LogP contribution >= 0.6 is 11.6 Å². The van der Waals surface area contributed by atoms with Crippen molar-refractivity contribution >= 4 is 35.3 Å². The van der Waals surface area contributed by atoms with Crippen LogP contribution in [0.2, 0.25) is 5.02 Å². The maximum atomic E-state index is 12.0. The molecule has 0 aliphatic carbocycles. The number of hydrazone groups is 1. The molecule has 0 spiro atoms. The molecule has 3 aromatic carbocycles. The molecular weight excluding hydrogens is 426 g/mol. The zero-order valence-electron chi connectivity index (χ0n) is 17.7. The van der Waals surface area contributed by atoms with Gasteiger partial charge in [-0.25, -0.2) is 5.43 Å². The van der Waals surface area contributed by atoms with Gasteiger partial charge in [-0.15, -0.1) is 0 Å². The predicted octanol–water partition coefficient (Wildman–Crippen LogP) is 5.10. The van der Waals surface area contributed by atoms with Gasteiger partial charge in [-0.05, 0) is 37.3 Å². The van der Waals surface area contributed by atoms with Crippen molar-refractivity contribution < 1.29 is 14.3 Å². The fourth-order valence-electron chi connectivity index (χ4n) is 2.81. The van der Waals surface area contributed by atoms with Gasteiger partial charge in [-0.2, -0.15) is 5.10 Å². The molecule has 0 heterocycles. The quantitative estimate of drug-likeness (QED) is 0.352. The summed E-state index contributed by atoms with van der Waals surface area (Å²) in [6.45, 7) is 2.28. The van der Waals surface area contributed by atoms with Gasteiger partial charge in [-0.3, -0.25) is 9.59 Å². The van der Waals surface area contributed by atoms with Crippen LogP contribution in [0.4, 0.5) is 5.69 Å². The summed E-state index contributed by atoms with van der Waals surface area (Å²) in [7, 11) is 0. The number of nitrogens with one attached hydrogen (secondary N) is 2. The number of hydrogen-bond acceptors (Lipinski definition) is 4. The highest BCUT2D eigenvalue weighted by atomic mass is 35.5. The number of hydrogen-bond donors (Lipinski definition) is 2. The minimum absolute atomic E-state index is 0.0275. The molecule has 3 aromatic rings.